The van der Waals surface area contributed by atoms with E-state index >= 15 is 0 Å². The summed E-state index contributed by atoms with van der Waals surface area (Å²) >= 11 is 0. The highest BCUT2D eigenvalue weighted by Crippen LogP contribution is 2.43. The number of nitrogens with zero attached hydrogens (tertiary/aromatic N) is 2. The van der Waals surface area contributed by atoms with Crippen LogP contribution in [0.1, 0.15) is 47.8 Å². The lowest BCUT2D eigenvalue weighted by atomic mass is 9.96. The first-order chi connectivity index (χ1) is 16.3. The molecule has 0 aliphatic carbocycles. The summed E-state index contributed by atoms with van der Waals surface area (Å²) in [5.41, 5.74) is 5.66. The van der Waals surface area contributed by atoms with E-state index < -0.39 is 5.97 Å². The van der Waals surface area contributed by atoms with Crippen molar-refractivity contribution in [1.29, 1.82) is 0 Å². The van der Waals surface area contributed by atoms with Gasteiger partial charge in [-0.3, -0.25) is 4.79 Å². The van der Waals surface area contributed by atoms with Crippen LogP contribution < -0.4 is 4.74 Å². The van der Waals surface area contributed by atoms with Crippen LogP contribution in [0.5, 0.6) is 5.75 Å². The molecule has 34 heavy (non-hydrogen) atoms. The van der Waals surface area contributed by atoms with Gasteiger partial charge in [0, 0.05) is 41.6 Å². The van der Waals surface area contributed by atoms with Crippen molar-refractivity contribution in [2.75, 3.05) is 0 Å². The van der Waals surface area contributed by atoms with E-state index in [1.807, 2.05) is 82.4 Å². The molecule has 0 fully saturated rings. The number of carbonyl (C=O) groups is 2. The number of rotatable bonds is 4. The molecule has 0 saturated heterocycles. The molecule has 6 nitrogen and oxygen atoms in total. The van der Waals surface area contributed by atoms with Gasteiger partial charge in [-0.2, -0.15) is 0 Å². The van der Waals surface area contributed by atoms with Crippen LogP contribution in [0.4, 0.5) is 0 Å². The Bertz CT molecular complexity index is 1510. The number of fused-ring (bicyclic) bond motifs is 5. The lowest BCUT2D eigenvalue weighted by molar-refractivity contribution is -0.141. The quantitative estimate of drug-likeness (QED) is 0.230. The second kappa shape index (κ2) is 8.13. The summed E-state index contributed by atoms with van der Waals surface area (Å²) < 4.78 is 8.53. The maximum absolute atomic E-state index is 13.3. The van der Waals surface area contributed by atoms with Gasteiger partial charge in [0.25, 0.3) is 0 Å². The van der Waals surface area contributed by atoms with Crippen molar-refractivity contribution < 1.29 is 19.2 Å². The van der Waals surface area contributed by atoms with Crippen molar-refractivity contribution in [2.24, 2.45) is 18.1 Å². The Morgan fingerprint density at radius 2 is 1.79 bits per heavy atom. The molecule has 1 aliphatic rings. The minimum Gasteiger partial charge on any atom is -0.482 e. The molecule has 5 rings (SSSR count). The van der Waals surface area contributed by atoms with E-state index in [-0.39, 0.29) is 17.8 Å². The topological polar surface area (TPSA) is 69.9 Å². The monoisotopic (exact) mass is 454 g/mol. The first-order valence-corrected chi connectivity index (χ1v) is 11.4. The molecule has 4 aromatic rings. The molecule has 3 aromatic carbocycles. The number of benzene rings is 3. The van der Waals surface area contributed by atoms with E-state index in [0.29, 0.717) is 22.6 Å². The van der Waals surface area contributed by atoms with Gasteiger partial charge in [0.1, 0.15) is 17.6 Å². The van der Waals surface area contributed by atoms with Crippen LogP contribution in [0.15, 0.2) is 59.8 Å². The van der Waals surface area contributed by atoms with Crippen molar-refractivity contribution in [2.45, 2.75) is 33.8 Å². The summed E-state index contributed by atoms with van der Waals surface area (Å²) in [5, 5.41) is 6.00. The number of hydrogen-bond acceptors (Lipinski definition) is 5. The predicted octanol–water partition coefficient (Wildman–Crippen LogP) is 5.56. The zero-order chi connectivity index (χ0) is 24.1. The van der Waals surface area contributed by atoms with Gasteiger partial charge in [-0.05, 0) is 48.7 Å². The smallest absolute Gasteiger partial charge is 0.331 e. The molecule has 1 aromatic heterocycles. The van der Waals surface area contributed by atoms with E-state index in [2.05, 4.69) is 9.72 Å². The number of ether oxygens (including phenoxy) is 1. The predicted molar refractivity (Wildman–Crippen MR) is 133 cm³/mol. The minimum atomic E-state index is -0.478. The Hall–Kier alpha value is -3.93. The molecule has 6 heteroatoms. The Morgan fingerprint density at radius 1 is 1.06 bits per heavy atom. The fraction of sp³-hybridized carbons (Fsp3) is 0.250. The highest BCUT2D eigenvalue weighted by Gasteiger charge is 2.36. The van der Waals surface area contributed by atoms with Crippen LogP contribution in [0, 0.1) is 12.8 Å². The summed E-state index contributed by atoms with van der Waals surface area (Å²) in [7, 11) is 2.00. The minimum absolute atomic E-state index is 0.0114. The van der Waals surface area contributed by atoms with Gasteiger partial charge in [-0.25, -0.2) is 4.79 Å². The normalized spacial score (nSPS) is 16.3. The molecule has 0 amide bonds. The van der Waals surface area contributed by atoms with Gasteiger partial charge in [0.05, 0.1) is 10.9 Å². The van der Waals surface area contributed by atoms with Gasteiger partial charge in [-0.15, -0.1) is 0 Å². The second-order valence-electron chi connectivity index (χ2n) is 9.11. The molecule has 0 N–H and O–H groups in total. The first-order valence-electron chi connectivity index (χ1n) is 11.4. The molecule has 0 radical (unpaired) electrons. The van der Waals surface area contributed by atoms with E-state index in [0.717, 1.165) is 32.9 Å². The number of ketones is 1. The van der Waals surface area contributed by atoms with Crippen LogP contribution >= 0.6 is 0 Å². The highest BCUT2D eigenvalue weighted by atomic mass is 16.7. The number of aromatic nitrogens is 1. The van der Waals surface area contributed by atoms with Crippen LogP contribution in [0.25, 0.3) is 21.8 Å². The van der Waals surface area contributed by atoms with Crippen molar-refractivity contribution in [1.82, 2.24) is 4.57 Å². The number of carbonyl (C=O) groups excluding carboxylic acids is 2. The average Bonchev–Trinajstić information content (AvgIpc) is 3.33. The maximum Gasteiger partial charge on any atom is 0.331 e. The van der Waals surface area contributed by atoms with Crippen LogP contribution in [-0.4, -0.2) is 28.1 Å². The standard InChI is InChI=1S/C28H26N2O4/c1-15(2)27-25(29-34-17(4)31)20-11-13-23-24(28(20)33-27)21-14-18(10-12-22(21)30(23)5)26(32)19-9-7-6-8-16(19)3/h6-15,27H,1-5H3/b29-25-. The van der Waals surface area contributed by atoms with Crippen molar-refractivity contribution in [3.05, 3.63) is 76.9 Å². The molecule has 0 bridgehead atoms. The molecule has 1 aliphatic heterocycles. The zero-order valence-corrected chi connectivity index (χ0v) is 19.9. The summed E-state index contributed by atoms with van der Waals surface area (Å²) in [5.74, 6) is 0.329. The summed E-state index contributed by atoms with van der Waals surface area (Å²) in [6.07, 6.45) is -0.341. The zero-order valence-electron chi connectivity index (χ0n) is 19.9. The second-order valence-corrected chi connectivity index (χ2v) is 9.11. The summed E-state index contributed by atoms with van der Waals surface area (Å²) in [6, 6.07) is 17.4. The van der Waals surface area contributed by atoms with Crippen LogP contribution in [0.3, 0.4) is 0 Å². The van der Waals surface area contributed by atoms with E-state index in [1.165, 1.54) is 6.92 Å². The number of oxime groups is 1. The maximum atomic E-state index is 13.3. The lowest BCUT2D eigenvalue weighted by Crippen LogP contribution is -2.27. The third-order valence-corrected chi connectivity index (χ3v) is 6.44. The van der Waals surface area contributed by atoms with Crippen LogP contribution in [0.2, 0.25) is 0 Å². The molecule has 172 valence electrons. The van der Waals surface area contributed by atoms with Crippen LogP contribution in [-0.2, 0) is 16.7 Å². The first kappa shape index (κ1) is 21.9. The SMILES string of the molecule is CC(=O)O/N=C1/c2ccc3c(c2OC1C(C)C)c1cc(C(=O)c2ccccc2C)ccc1n3C. The van der Waals surface area contributed by atoms with Crippen molar-refractivity contribution in [3.8, 4) is 5.75 Å². The molecule has 0 saturated carbocycles. The van der Waals surface area contributed by atoms with Gasteiger partial charge < -0.3 is 14.1 Å². The van der Waals surface area contributed by atoms with E-state index in [9.17, 15) is 9.59 Å². The molecule has 1 atom stereocenters. The van der Waals surface area contributed by atoms with Crippen molar-refractivity contribution >= 4 is 39.3 Å². The summed E-state index contributed by atoms with van der Waals surface area (Å²) in [6.45, 7) is 7.35. The largest absolute Gasteiger partial charge is 0.482 e. The number of hydrogen-bond donors (Lipinski definition) is 0. The molecular formula is C28H26N2O4. The fourth-order valence-corrected chi connectivity index (χ4v) is 4.72. The Labute approximate surface area is 197 Å². The van der Waals surface area contributed by atoms with E-state index in [4.69, 9.17) is 9.57 Å². The summed E-state index contributed by atoms with van der Waals surface area (Å²) in [4.78, 5) is 29.7. The molecule has 0 spiro atoms. The molecule has 2 heterocycles. The van der Waals surface area contributed by atoms with Gasteiger partial charge >= 0.3 is 5.97 Å². The third-order valence-electron chi connectivity index (χ3n) is 6.44. The molecule has 1 unspecified atom stereocenters. The Balaban J connectivity index is 1.73. The van der Waals surface area contributed by atoms with E-state index in [1.54, 1.807) is 0 Å². The fourth-order valence-electron chi connectivity index (χ4n) is 4.72. The molecular weight excluding hydrogens is 428 g/mol. The number of aryl methyl sites for hydroxylation is 2. The van der Waals surface area contributed by atoms with Gasteiger partial charge in [-0.1, -0.05) is 43.3 Å². The Kier molecular flexibility index (Phi) is 5.24. The highest BCUT2D eigenvalue weighted by molar-refractivity contribution is 6.20. The van der Waals surface area contributed by atoms with Gasteiger partial charge in [0.15, 0.2) is 5.78 Å². The van der Waals surface area contributed by atoms with Gasteiger partial charge in [0.2, 0.25) is 0 Å². The third kappa shape index (κ3) is 3.37. The lowest BCUT2D eigenvalue weighted by Gasteiger charge is -2.15. The Morgan fingerprint density at radius 3 is 2.50 bits per heavy atom. The average molecular weight is 455 g/mol. The van der Waals surface area contributed by atoms with Crippen molar-refractivity contribution in [3.63, 3.8) is 0 Å².